The first-order valence-electron chi connectivity index (χ1n) is 6.38. The van der Waals surface area contributed by atoms with Gasteiger partial charge in [-0.3, -0.25) is 4.79 Å². The molecular weight excluding hydrogens is 361 g/mol. The second-order valence-electron chi connectivity index (χ2n) is 5.86. The normalized spacial score (nSPS) is 23.9. The molecule has 0 saturated carbocycles. The first kappa shape index (κ1) is 16.5. The van der Waals surface area contributed by atoms with Gasteiger partial charge in [-0.05, 0) is 33.1 Å². The van der Waals surface area contributed by atoms with E-state index in [1.807, 2.05) is 20.8 Å². The predicted molar refractivity (Wildman–Crippen MR) is 80.3 cm³/mol. The van der Waals surface area contributed by atoms with E-state index in [9.17, 15) is 9.59 Å². The molecule has 0 spiro atoms. The highest BCUT2D eigenvalue weighted by Crippen LogP contribution is 2.25. The molecule has 19 heavy (non-hydrogen) atoms. The van der Waals surface area contributed by atoms with Gasteiger partial charge in [0.15, 0.2) is 0 Å². The lowest BCUT2D eigenvalue weighted by atomic mass is 9.91. The van der Waals surface area contributed by atoms with Crippen molar-refractivity contribution in [1.82, 2.24) is 4.90 Å². The average molecular weight is 383 g/mol. The smallest absolute Gasteiger partial charge is 0.410 e. The minimum atomic E-state index is -0.519. The summed E-state index contributed by atoms with van der Waals surface area (Å²) in [6.07, 6.45) is 0.422. The minimum Gasteiger partial charge on any atom is -0.469 e. The molecule has 5 nitrogen and oxygen atoms in total. The summed E-state index contributed by atoms with van der Waals surface area (Å²) in [6, 6.07) is 0. The van der Waals surface area contributed by atoms with Crippen LogP contribution in [0, 0.1) is 11.8 Å². The highest BCUT2D eigenvalue weighted by Gasteiger charge is 2.35. The second-order valence-corrected chi connectivity index (χ2v) is 6.74. The molecule has 2 atom stereocenters. The van der Waals surface area contributed by atoms with E-state index in [1.54, 1.807) is 4.90 Å². The first-order chi connectivity index (χ1) is 8.76. The summed E-state index contributed by atoms with van der Waals surface area (Å²) in [5.74, 6) is -0.180. The summed E-state index contributed by atoms with van der Waals surface area (Å²) in [6.45, 7) is 6.54. The van der Waals surface area contributed by atoms with Crippen LogP contribution >= 0.6 is 22.6 Å². The lowest BCUT2D eigenvalue weighted by molar-refractivity contribution is -0.147. The summed E-state index contributed by atoms with van der Waals surface area (Å²) >= 11 is 2.28. The van der Waals surface area contributed by atoms with Gasteiger partial charge in [-0.15, -0.1) is 0 Å². The Morgan fingerprint density at radius 1 is 1.32 bits per heavy atom. The van der Waals surface area contributed by atoms with E-state index in [1.165, 1.54) is 7.11 Å². The zero-order chi connectivity index (χ0) is 14.6. The van der Waals surface area contributed by atoms with Gasteiger partial charge in [0.2, 0.25) is 0 Å². The predicted octanol–water partition coefficient (Wildman–Crippen LogP) is 2.47. The zero-order valence-electron chi connectivity index (χ0n) is 11.9. The van der Waals surface area contributed by atoms with E-state index >= 15 is 0 Å². The molecule has 1 fully saturated rings. The number of hydrogen-bond donors (Lipinski definition) is 0. The second kappa shape index (κ2) is 6.76. The molecule has 1 saturated heterocycles. The fraction of sp³-hybridized carbons (Fsp3) is 0.846. The number of amides is 1. The van der Waals surface area contributed by atoms with E-state index in [2.05, 4.69) is 22.6 Å². The summed E-state index contributed by atoms with van der Waals surface area (Å²) < 4.78 is 11.1. The Kier molecular flexibility index (Phi) is 5.88. The Bertz CT molecular complexity index is 340. The fourth-order valence-electron chi connectivity index (χ4n) is 2.13. The van der Waals surface area contributed by atoms with Crippen molar-refractivity contribution in [3.63, 3.8) is 0 Å². The molecule has 0 aromatic heterocycles. The third-order valence-corrected chi connectivity index (χ3v) is 4.19. The third-order valence-electron chi connectivity index (χ3n) is 2.94. The van der Waals surface area contributed by atoms with Gasteiger partial charge in [-0.25, -0.2) is 4.79 Å². The number of piperidine rings is 1. The lowest BCUT2D eigenvalue weighted by Gasteiger charge is -2.36. The van der Waals surface area contributed by atoms with E-state index in [4.69, 9.17) is 9.47 Å². The van der Waals surface area contributed by atoms with Crippen LogP contribution in [0.4, 0.5) is 4.79 Å². The number of esters is 1. The maximum absolute atomic E-state index is 12.1. The average Bonchev–Trinajstić information content (AvgIpc) is 2.35. The van der Waals surface area contributed by atoms with Crippen LogP contribution in [-0.4, -0.2) is 47.2 Å². The number of methoxy groups -OCH3 is 1. The molecule has 1 aliphatic rings. The van der Waals surface area contributed by atoms with Crippen molar-refractivity contribution in [1.29, 1.82) is 0 Å². The van der Waals surface area contributed by atoms with Gasteiger partial charge in [0.05, 0.1) is 13.0 Å². The van der Waals surface area contributed by atoms with Crippen molar-refractivity contribution in [2.75, 3.05) is 24.6 Å². The maximum Gasteiger partial charge on any atom is 0.410 e. The Morgan fingerprint density at radius 2 is 1.95 bits per heavy atom. The van der Waals surface area contributed by atoms with Gasteiger partial charge in [0.25, 0.3) is 0 Å². The number of hydrogen-bond acceptors (Lipinski definition) is 4. The molecule has 0 aromatic carbocycles. The molecular formula is C13H22INO4. The molecule has 0 radical (unpaired) electrons. The lowest BCUT2D eigenvalue weighted by Crippen LogP contribution is -2.48. The van der Waals surface area contributed by atoms with Crippen LogP contribution in [0.15, 0.2) is 0 Å². The Hall–Kier alpha value is -0.530. The quantitative estimate of drug-likeness (QED) is 0.418. The third kappa shape index (κ3) is 5.16. The molecule has 0 N–H and O–H groups in total. The number of alkyl halides is 1. The summed E-state index contributed by atoms with van der Waals surface area (Å²) in [5, 5.41) is 0. The standard InChI is InChI=1S/C13H22INO4/c1-13(2,3)19-12(17)15-7-9(6-14)5-10(8-15)11(16)18-4/h9-10H,5-8H2,1-4H3/t9-,10-/m1/s1. The molecule has 1 heterocycles. The number of halogens is 1. The summed E-state index contributed by atoms with van der Waals surface area (Å²) in [4.78, 5) is 25.4. The minimum absolute atomic E-state index is 0.244. The van der Waals surface area contributed by atoms with Crippen LogP contribution in [0.3, 0.4) is 0 Å². The molecule has 6 heteroatoms. The number of rotatable bonds is 2. The molecule has 1 rings (SSSR count). The first-order valence-corrected chi connectivity index (χ1v) is 7.91. The van der Waals surface area contributed by atoms with E-state index in [-0.39, 0.29) is 18.0 Å². The topological polar surface area (TPSA) is 55.8 Å². The van der Waals surface area contributed by atoms with Crippen LogP contribution < -0.4 is 0 Å². The molecule has 1 aliphatic heterocycles. The van der Waals surface area contributed by atoms with Gasteiger partial charge in [-0.1, -0.05) is 22.6 Å². The maximum atomic E-state index is 12.1. The van der Waals surface area contributed by atoms with Gasteiger partial charge in [0.1, 0.15) is 5.60 Å². The van der Waals surface area contributed by atoms with Crippen molar-refractivity contribution < 1.29 is 19.1 Å². The highest BCUT2D eigenvalue weighted by molar-refractivity contribution is 14.1. The largest absolute Gasteiger partial charge is 0.469 e. The Labute approximate surface area is 128 Å². The summed E-state index contributed by atoms with van der Waals surface area (Å²) in [5.41, 5.74) is -0.519. The number of ether oxygens (including phenoxy) is 2. The zero-order valence-corrected chi connectivity index (χ0v) is 14.1. The van der Waals surface area contributed by atoms with Crippen LogP contribution in [0.5, 0.6) is 0 Å². The van der Waals surface area contributed by atoms with Crippen molar-refractivity contribution in [3.8, 4) is 0 Å². The van der Waals surface area contributed by atoms with Crippen LogP contribution in [-0.2, 0) is 14.3 Å². The molecule has 0 aliphatic carbocycles. The molecule has 1 amide bonds. The van der Waals surface area contributed by atoms with Crippen LogP contribution in [0.25, 0.3) is 0 Å². The Balaban J connectivity index is 2.71. The van der Waals surface area contributed by atoms with Crippen LogP contribution in [0.1, 0.15) is 27.2 Å². The molecule has 0 aromatic rings. The van der Waals surface area contributed by atoms with E-state index < -0.39 is 5.60 Å². The van der Waals surface area contributed by atoms with Gasteiger partial charge in [-0.2, -0.15) is 0 Å². The fourth-order valence-corrected chi connectivity index (χ4v) is 2.77. The van der Waals surface area contributed by atoms with E-state index in [0.29, 0.717) is 19.0 Å². The number of carbonyl (C=O) groups excluding carboxylic acids is 2. The van der Waals surface area contributed by atoms with Gasteiger partial charge < -0.3 is 14.4 Å². The van der Waals surface area contributed by atoms with Crippen molar-refractivity contribution in [3.05, 3.63) is 0 Å². The van der Waals surface area contributed by atoms with Gasteiger partial charge >= 0.3 is 12.1 Å². The molecule has 110 valence electrons. The Morgan fingerprint density at radius 3 is 2.42 bits per heavy atom. The number of carbonyl (C=O) groups is 2. The molecule has 0 unspecified atom stereocenters. The monoisotopic (exact) mass is 383 g/mol. The number of likely N-dealkylation sites (tertiary alicyclic amines) is 1. The number of nitrogens with zero attached hydrogens (tertiary/aromatic N) is 1. The van der Waals surface area contributed by atoms with E-state index in [0.717, 1.165) is 10.8 Å². The van der Waals surface area contributed by atoms with Crippen molar-refractivity contribution >= 4 is 34.7 Å². The van der Waals surface area contributed by atoms with Crippen molar-refractivity contribution in [2.24, 2.45) is 11.8 Å². The van der Waals surface area contributed by atoms with Gasteiger partial charge in [0, 0.05) is 17.5 Å². The SMILES string of the molecule is COC(=O)[C@@H]1C[C@H](CI)CN(C(=O)OC(C)(C)C)C1. The van der Waals surface area contributed by atoms with Crippen LogP contribution in [0.2, 0.25) is 0 Å². The molecule has 0 bridgehead atoms. The van der Waals surface area contributed by atoms with Crippen molar-refractivity contribution in [2.45, 2.75) is 32.8 Å². The summed E-state index contributed by atoms with van der Waals surface area (Å²) in [7, 11) is 1.38. The highest BCUT2D eigenvalue weighted by atomic mass is 127.